The van der Waals surface area contributed by atoms with Crippen molar-refractivity contribution in [2.45, 2.75) is 5.41 Å². The monoisotopic (exact) mass is 537 g/mol. The molecule has 2 aliphatic rings. The molecule has 0 fully saturated rings. The topological polar surface area (TPSA) is 3.24 Å². The molecule has 0 saturated carbocycles. The molecule has 0 heterocycles. The van der Waals surface area contributed by atoms with Crippen LogP contribution in [0, 0.1) is 17.5 Å². The van der Waals surface area contributed by atoms with Crippen LogP contribution in [0.3, 0.4) is 0 Å². The fourth-order valence-electron chi connectivity index (χ4n) is 6.93. The average molecular weight is 538 g/mol. The van der Waals surface area contributed by atoms with E-state index in [1.165, 1.54) is 52.1 Å². The number of hydrogen-bond acceptors (Lipinski definition) is 1. The van der Waals surface area contributed by atoms with E-state index in [9.17, 15) is 13.2 Å². The Morgan fingerprint density at radius 2 is 0.829 bits per heavy atom. The molecule has 196 valence electrons. The fraction of sp³-hybridized carbons (Fsp3) is 0.0270. The third-order valence-electron chi connectivity index (χ3n) is 8.43. The van der Waals surface area contributed by atoms with Crippen molar-refractivity contribution >= 4 is 17.1 Å². The molecule has 6 aromatic rings. The van der Waals surface area contributed by atoms with Gasteiger partial charge in [-0.3, -0.25) is 0 Å². The van der Waals surface area contributed by atoms with Crippen LogP contribution in [0.4, 0.5) is 30.2 Å². The lowest BCUT2D eigenvalue weighted by Gasteiger charge is -2.31. The van der Waals surface area contributed by atoms with Crippen molar-refractivity contribution in [3.8, 4) is 22.3 Å². The van der Waals surface area contributed by atoms with Crippen LogP contribution < -0.4 is 4.90 Å². The van der Waals surface area contributed by atoms with Crippen molar-refractivity contribution in [1.82, 2.24) is 0 Å². The smallest absolute Gasteiger partial charge is 0.128 e. The molecule has 0 N–H and O–H groups in total. The maximum atomic E-state index is 14.5. The van der Waals surface area contributed by atoms with Gasteiger partial charge in [-0.2, -0.15) is 0 Å². The summed E-state index contributed by atoms with van der Waals surface area (Å²) in [4.78, 5) is 1.76. The molecule has 0 amide bonds. The van der Waals surface area contributed by atoms with Crippen molar-refractivity contribution in [1.29, 1.82) is 0 Å². The maximum Gasteiger partial charge on any atom is 0.128 e. The summed E-state index contributed by atoms with van der Waals surface area (Å²) < 4.78 is 42.8. The molecule has 2 aliphatic carbocycles. The van der Waals surface area contributed by atoms with Gasteiger partial charge in [0, 0.05) is 17.4 Å². The standard InChI is InChI=1S/C37H22F3N/c38-23-13-15-26(16-14-23)41(28-20-24(39)19-25(40)21-28)27-17-18-36-32(22-27)31-9-3-6-12-35(31)37(36)33-10-4-1-7-29(33)30-8-2-5-11-34(30)37/h1-22H. The van der Waals surface area contributed by atoms with Gasteiger partial charge in [-0.1, -0.05) is 78.9 Å². The number of rotatable bonds is 3. The summed E-state index contributed by atoms with van der Waals surface area (Å²) in [6.45, 7) is 0. The molecule has 41 heavy (non-hydrogen) atoms. The lowest BCUT2D eigenvalue weighted by atomic mass is 9.70. The predicted octanol–water partition coefficient (Wildman–Crippen LogP) is 9.92. The molecule has 0 atom stereocenters. The quantitative estimate of drug-likeness (QED) is 0.217. The van der Waals surface area contributed by atoms with Gasteiger partial charge < -0.3 is 4.90 Å². The second-order valence-corrected chi connectivity index (χ2v) is 10.6. The lowest BCUT2D eigenvalue weighted by molar-refractivity contribution is 0.583. The second kappa shape index (κ2) is 8.70. The molecule has 0 radical (unpaired) electrons. The molecular weight excluding hydrogens is 515 g/mol. The van der Waals surface area contributed by atoms with Gasteiger partial charge in [0.2, 0.25) is 0 Å². The van der Waals surface area contributed by atoms with Crippen molar-refractivity contribution in [2.24, 2.45) is 0 Å². The van der Waals surface area contributed by atoms with Gasteiger partial charge in [0.25, 0.3) is 0 Å². The highest BCUT2D eigenvalue weighted by molar-refractivity contribution is 5.96. The number of halogens is 3. The molecule has 0 saturated heterocycles. The van der Waals surface area contributed by atoms with E-state index in [1.54, 1.807) is 17.0 Å². The fourth-order valence-corrected chi connectivity index (χ4v) is 6.93. The Balaban J connectivity index is 1.41. The third kappa shape index (κ3) is 3.31. The summed E-state index contributed by atoms with van der Waals surface area (Å²) >= 11 is 0. The molecular formula is C37H22F3N. The summed E-state index contributed by atoms with van der Waals surface area (Å²) in [7, 11) is 0. The van der Waals surface area contributed by atoms with Gasteiger partial charge in [-0.25, -0.2) is 13.2 Å². The number of anilines is 3. The first-order valence-corrected chi connectivity index (χ1v) is 13.5. The Morgan fingerprint density at radius 1 is 0.366 bits per heavy atom. The zero-order valence-corrected chi connectivity index (χ0v) is 21.8. The lowest BCUT2D eigenvalue weighted by Crippen LogP contribution is -2.25. The van der Waals surface area contributed by atoms with Gasteiger partial charge in [-0.15, -0.1) is 0 Å². The first-order chi connectivity index (χ1) is 20.1. The van der Waals surface area contributed by atoms with E-state index in [-0.39, 0.29) is 5.82 Å². The molecule has 0 aliphatic heterocycles. The van der Waals surface area contributed by atoms with E-state index in [0.29, 0.717) is 17.1 Å². The maximum absolute atomic E-state index is 14.5. The van der Waals surface area contributed by atoms with Crippen LogP contribution >= 0.6 is 0 Å². The van der Waals surface area contributed by atoms with E-state index in [0.717, 1.165) is 22.8 Å². The molecule has 6 aromatic carbocycles. The molecule has 0 bridgehead atoms. The van der Waals surface area contributed by atoms with Gasteiger partial charge in [0.05, 0.1) is 11.1 Å². The Morgan fingerprint density at radius 3 is 1.39 bits per heavy atom. The first kappa shape index (κ1) is 23.8. The molecule has 8 rings (SSSR count). The minimum Gasteiger partial charge on any atom is -0.310 e. The highest BCUT2D eigenvalue weighted by Crippen LogP contribution is 2.63. The van der Waals surface area contributed by atoms with Crippen molar-refractivity contribution in [3.05, 3.63) is 173 Å². The molecule has 1 nitrogen and oxygen atoms in total. The number of nitrogens with zero attached hydrogens (tertiary/aromatic N) is 1. The molecule has 1 spiro atoms. The molecule has 0 unspecified atom stereocenters. The van der Waals surface area contributed by atoms with Crippen molar-refractivity contribution < 1.29 is 13.2 Å². The van der Waals surface area contributed by atoms with Crippen LogP contribution in [-0.2, 0) is 5.41 Å². The number of fused-ring (bicyclic) bond motifs is 10. The first-order valence-electron chi connectivity index (χ1n) is 13.5. The Hall–Kier alpha value is -5.09. The van der Waals surface area contributed by atoms with Gasteiger partial charge in [-0.05, 0) is 93.0 Å². The SMILES string of the molecule is Fc1ccc(N(c2cc(F)cc(F)c2)c2ccc3c(c2)-c2ccccc2C32c3ccccc3-c3ccccc32)cc1. The van der Waals surface area contributed by atoms with Crippen molar-refractivity contribution in [2.75, 3.05) is 4.90 Å². The van der Waals surface area contributed by atoms with E-state index >= 15 is 0 Å². The third-order valence-corrected chi connectivity index (χ3v) is 8.43. The zero-order chi connectivity index (χ0) is 27.7. The number of hydrogen-bond donors (Lipinski definition) is 0. The van der Waals surface area contributed by atoms with E-state index in [1.807, 2.05) is 12.1 Å². The highest BCUT2D eigenvalue weighted by Gasteiger charge is 2.51. The summed E-state index contributed by atoms with van der Waals surface area (Å²) in [5.74, 6) is -1.75. The summed E-state index contributed by atoms with van der Waals surface area (Å²) in [6.07, 6.45) is 0. The molecule has 0 aromatic heterocycles. The van der Waals surface area contributed by atoms with Crippen LogP contribution in [0.25, 0.3) is 22.3 Å². The van der Waals surface area contributed by atoms with Crippen LogP contribution in [0.2, 0.25) is 0 Å². The minimum atomic E-state index is -0.684. The minimum absolute atomic E-state index is 0.312. The van der Waals surface area contributed by atoms with Crippen LogP contribution in [0.1, 0.15) is 22.3 Å². The molecule has 4 heteroatoms. The highest BCUT2D eigenvalue weighted by atomic mass is 19.1. The normalized spacial score (nSPS) is 13.4. The van der Waals surface area contributed by atoms with Crippen molar-refractivity contribution in [3.63, 3.8) is 0 Å². The Kier molecular flexibility index (Phi) is 5.05. The summed E-state index contributed by atoms with van der Waals surface area (Å²) in [5, 5.41) is 0. The van der Waals surface area contributed by atoms with E-state index in [4.69, 9.17) is 0 Å². The van der Waals surface area contributed by atoms with Gasteiger partial charge in [0.15, 0.2) is 0 Å². The largest absolute Gasteiger partial charge is 0.310 e. The Labute approximate surface area is 235 Å². The second-order valence-electron chi connectivity index (χ2n) is 10.6. The Bertz CT molecular complexity index is 1930. The van der Waals surface area contributed by atoms with Crippen LogP contribution in [0.15, 0.2) is 133 Å². The van der Waals surface area contributed by atoms with Crippen LogP contribution in [-0.4, -0.2) is 0 Å². The van der Waals surface area contributed by atoms with Crippen LogP contribution in [0.5, 0.6) is 0 Å². The van der Waals surface area contributed by atoms with Gasteiger partial charge in [0.1, 0.15) is 17.5 Å². The average Bonchev–Trinajstić information content (AvgIpc) is 3.45. The van der Waals surface area contributed by atoms with E-state index in [2.05, 4.69) is 78.9 Å². The van der Waals surface area contributed by atoms with Gasteiger partial charge >= 0.3 is 0 Å². The summed E-state index contributed by atoms with van der Waals surface area (Å²) in [6, 6.07) is 41.2. The predicted molar refractivity (Wildman–Crippen MR) is 157 cm³/mol. The number of benzene rings is 6. The zero-order valence-electron chi connectivity index (χ0n) is 21.8. The van der Waals surface area contributed by atoms with E-state index < -0.39 is 17.0 Å². The summed E-state index contributed by atoms with van der Waals surface area (Å²) in [5.41, 5.74) is 10.6.